The molecule has 0 aliphatic rings. The van der Waals surface area contributed by atoms with E-state index in [1.165, 1.54) is 51.4 Å². The Hall–Kier alpha value is -2.63. The molecule has 0 aromatic heterocycles. The standard InChI is InChI=1S/C43H74O6/c1-4-7-10-13-16-17-18-19-20-21-22-23-24-25-28-30-33-36-42(45)48-39-40(49-43(46)37-34-31-27-15-12-9-6-3)38-47-41(44)35-32-29-26-14-11-8-5-2/h7,10,16-17,19-20,22-23,40H,4-6,8-9,11-15,18,21,24-39H2,1-3H3/b10-7-,17-16-,20-19-,23-22-. The summed E-state index contributed by atoms with van der Waals surface area (Å²) >= 11 is 0. The van der Waals surface area contributed by atoms with Crippen molar-refractivity contribution in [2.45, 2.75) is 194 Å². The van der Waals surface area contributed by atoms with Crippen molar-refractivity contribution in [1.82, 2.24) is 0 Å². The maximum absolute atomic E-state index is 12.5. The van der Waals surface area contributed by atoms with Crippen molar-refractivity contribution < 1.29 is 28.6 Å². The molecule has 1 atom stereocenters. The van der Waals surface area contributed by atoms with Gasteiger partial charge in [0.05, 0.1) is 0 Å². The Bertz CT molecular complexity index is 887. The molecule has 0 saturated heterocycles. The predicted molar refractivity (Wildman–Crippen MR) is 205 cm³/mol. The molecule has 282 valence electrons. The number of hydrogen-bond donors (Lipinski definition) is 0. The molecule has 6 heteroatoms. The quantitative estimate of drug-likeness (QED) is 0.0286. The van der Waals surface area contributed by atoms with Crippen molar-refractivity contribution >= 4 is 17.9 Å². The van der Waals surface area contributed by atoms with E-state index in [2.05, 4.69) is 69.4 Å². The summed E-state index contributed by atoms with van der Waals surface area (Å²) in [5.41, 5.74) is 0. The van der Waals surface area contributed by atoms with Gasteiger partial charge in [-0.25, -0.2) is 0 Å². The third-order valence-corrected chi connectivity index (χ3v) is 8.35. The molecular weight excluding hydrogens is 612 g/mol. The fourth-order valence-electron chi connectivity index (χ4n) is 5.31. The topological polar surface area (TPSA) is 78.9 Å². The van der Waals surface area contributed by atoms with Gasteiger partial charge in [-0.3, -0.25) is 14.4 Å². The van der Waals surface area contributed by atoms with E-state index in [-0.39, 0.29) is 31.1 Å². The van der Waals surface area contributed by atoms with E-state index >= 15 is 0 Å². The molecule has 6 nitrogen and oxygen atoms in total. The maximum Gasteiger partial charge on any atom is 0.306 e. The van der Waals surface area contributed by atoms with E-state index in [0.717, 1.165) is 96.3 Å². The molecule has 0 rings (SSSR count). The molecule has 0 aliphatic heterocycles. The smallest absolute Gasteiger partial charge is 0.306 e. The SMILES string of the molecule is CC/C=C\C/C=C\C/C=C\C/C=C\CCCCCCC(=O)OCC(COC(=O)CCCCCCCCC)OC(=O)CCCCCCCCC. The van der Waals surface area contributed by atoms with Crippen molar-refractivity contribution in [2.24, 2.45) is 0 Å². The van der Waals surface area contributed by atoms with Crippen LogP contribution in [0.4, 0.5) is 0 Å². The molecule has 0 spiro atoms. The minimum absolute atomic E-state index is 0.0807. The summed E-state index contributed by atoms with van der Waals surface area (Å²) in [4.78, 5) is 37.3. The lowest BCUT2D eigenvalue weighted by Crippen LogP contribution is -2.30. The van der Waals surface area contributed by atoms with Crippen LogP contribution in [0.1, 0.15) is 188 Å². The number of carbonyl (C=O) groups excluding carboxylic acids is 3. The number of rotatable bonds is 35. The predicted octanol–water partition coefficient (Wildman–Crippen LogP) is 12.4. The lowest BCUT2D eigenvalue weighted by Gasteiger charge is -2.18. The molecule has 49 heavy (non-hydrogen) atoms. The van der Waals surface area contributed by atoms with E-state index in [1.54, 1.807) is 0 Å². The molecule has 0 aliphatic carbocycles. The Kier molecular flexibility index (Phi) is 36.1. The first-order valence-electron chi connectivity index (χ1n) is 20.1. The average Bonchev–Trinajstić information content (AvgIpc) is 3.10. The molecule has 0 N–H and O–H groups in total. The number of hydrogen-bond acceptors (Lipinski definition) is 6. The highest BCUT2D eigenvalue weighted by molar-refractivity contribution is 5.71. The molecule has 0 saturated carbocycles. The summed E-state index contributed by atoms with van der Waals surface area (Å²) in [6.07, 6.45) is 42.6. The monoisotopic (exact) mass is 687 g/mol. The lowest BCUT2D eigenvalue weighted by atomic mass is 10.1. The Morgan fingerprint density at radius 2 is 0.796 bits per heavy atom. The normalized spacial score (nSPS) is 12.5. The second kappa shape index (κ2) is 38.2. The highest BCUT2D eigenvalue weighted by atomic mass is 16.6. The fraction of sp³-hybridized carbons (Fsp3) is 0.744. The van der Waals surface area contributed by atoms with Gasteiger partial charge in [0.15, 0.2) is 6.10 Å². The molecule has 1 unspecified atom stereocenters. The van der Waals surface area contributed by atoms with Crippen LogP contribution in [-0.4, -0.2) is 37.2 Å². The second-order valence-electron chi connectivity index (χ2n) is 13.2. The zero-order chi connectivity index (χ0) is 35.9. The van der Waals surface area contributed by atoms with Gasteiger partial charge >= 0.3 is 17.9 Å². The van der Waals surface area contributed by atoms with Gasteiger partial charge in [-0.05, 0) is 57.8 Å². The third kappa shape index (κ3) is 36.5. The van der Waals surface area contributed by atoms with Crippen molar-refractivity contribution in [3.05, 3.63) is 48.6 Å². The van der Waals surface area contributed by atoms with Crippen LogP contribution in [0.25, 0.3) is 0 Å². The Labute approximate surface area is 301 Å². The Morgan fingerprint density at radius 3 is 1.24 bits per heavy atom. The Morgan fingerprint density at radius 1 is 0.429 bits per heavy atom. The van der Waals surface area contributed by atoms with Crippen LogP contribution in [0.3, 0.4) is 0 Å². The molecule has 0 bridgehead atoms. The zero-order valence-corrected chi connectivity index (χ0v) is 31.9. The van der Waals surface area contributed by atoms with Crippen molar-refractivity contribution in [3.63, 3.8) is 0 Å². The van der Waals surface area contributed by atoms with Gasteiger partial charge in [-0.2, -0.15) is 0 Å². The minimum Gasteiger partial charge on any atom is -0.462 e. The molecular formula is C43H74O6. The average molecular weight is 687 g/mol. The van der Waals surface area contributed by atoms with Gasteiger partial charge in [-0.1, -0.05) is 159 Å². The molecule has 0 heterocycles. The summed E-state index contributed by atoms with van der Waals surface area (Å²) in [6.45, 7) is 6.39. The highest BCUT2D eigenvalue weighted by Crippen LogP contribution is 2.12. The fourth-order valence-corrected chi connectivity index (χ4v) is 5.31. The largest absolute Gasteiger partial charge is 0.462 e. The van der Waals surface area contributed by atoms with Crippen molar-refractivity contribution in [3.8, 4) is 0 Å². The molecule has 0 aromatic carbocycles. The van der Waals surface area contributed by atoms with Gasteiger partial charge in [0, 0.05) is 19.3 Å². The van der Waals surface area contributed by atoms with Crippen LogP contribution in [0.5, 0.6) is 0 Å². The van der Waals surface area contributed by atoms with Gasteiger partial charge in [0.1, 0.15) is 13.2 Å². The number of carbonyl (C=O) groups is 3. The van der Waals surface area contributed by atoms with Crippen LogP contribution in [0, 0.1) is 0 Å². The first-order valence-corrected chi connectivity index (χ1v) is 20.1. The summed E-state index contributed by atoms with van der Waals surface area (Å²) < 4.78 is 16.5. The van der Waals surface area contributed by atoms with Crippen LogP contribution < -0.4 is 0 Å². The highest BCUT2D eigenvalue weighted by Gasteiger charge is 2.19. The van der Waals surface area contributed by atoms with Crippen LogP contribution >= 0.6 is 0 Å². The minimum atomic E-state index is -0.773. The van der Waals surface area contributed by atoms with Crippen molar-refractivity contribution in [1.29, 1.82) is 0 Å². The molecule has 0 fully saturated rings. The maximum atomic E-state index is 12.5. The summed E-state index contributed by atoms with van der Waals surface area (Å²) in [5.74, 6) is -0.925. The van der Waals surface area contributed by atoms with Gasteiger partial charge in [-0.15, -0.1) is 0 Å². The number of esters is 3. The van der Waals surface area contributed by atoms with Gasteiger partial charge < -0.3 is 14.2 Å². The van der Waals surface area contributed by atoms with E-state index in [0.29, 0.717) is 19.3 Å². The van der Waals surface area contributed by atoms with Gasteiger partial charge in [0.2, 0.25) is 0 Å². The summed E-state index contributed by atoms with van der Waals surface area (Å²) in [5, 5.41) is 0. The summed E-state index contributed by atoms with van der Waals surface area (Å²) in [6, 6.07) is 0. The molecule has 0 radical (unpaired) electrons. The number of unbranched alkanes of at least 4 members (excludes halogenated alkanes) is 16. The summed E-state index contributed by atoms with van der Waals surface area (Å²) in [7, 11) is 0. The first kappa shape index (κ1) is 46.4. The third-order valence-electron chi connectivity index (χ3n) is 8.35. The first-order chi connectivity index (χ1) is 24.0. The molecule has 0 amide bonds. The van der Waals surface area contributed by atoms with Gasteiger partial charge in [0.25, 0.3) is 0 Å². The lowest BCUT2D eigenvalue weighted by molar-refractivity contribution is -0.167. The Balaban J connectivity index is 4.29. The van der Waals surface area contributed by atoms with Crippen LogP contribution in [0.15, 0.2) is 48.6 Å². The zero-order valence-electron chi connectivity index (χ0n) is 31.9. The van der Waals surface area contributed by atoms with Crippen molar-refractivity contribution in [2.75, 3.05) is 13.2 Å². The number of allylic oxidation sites excluding steroid dienone is 8. The molecule has 0 aromatic rings. The van der Waals surface area contributed by atoms with E-state index in [9.17, 15) is 14.4 Å². The second-order valence-corrected chi connectivity index (χ2v) is 13.2. The van der Waals surface area contributed by atoms with Crippen LogP contribution in [-0.2, 0) is 28.6 Å². The van der Waals surface area contributed by atoms with Crippen LogP contribution in [0.2, 0.25) is 0 Å². The van der Waals surface area contributed by atoms with E-state index < -0.39 is 6.10 Å². The van der Waals surface area contributed by atoms with E-state index in [4.69, 9.17) is 14.2 Å². The van der Waals surface area contributed by atoms with E-state index in [1.807, 2.05) is 0 Å². The number of ether oxygens (including phenoxy) is 3.